The third kappa shape index (κ3) is 3.84. The summed E-state index contributed by atoms with van der Waals surface area (Å²) < 4.78 is 5.73. The van der Waals surface area contributed by atoms with Crippen molar-refractivity contribution in [1.82, 2.24) is 5.32 Å². The molecule has 0 saturated heterocycles. The number of ether oxygens (including phenoxy) is 1. The van der Waals surface area contributed by atoms with Crippen molar-refractivity contribution in [3.05, 3.63) is 59.2 Å². The number of hydrogen-bond donors (Lipinski definition) is 1. The van der Waals surface area contributed by atoms with Crippen molar-refractivity contribution in [1.29, 1.82) is 0 Å². The first kappa shape index (κ1) is 18.6. The maximum atomic E-state index is 12.8. The number of rotatable bonds is 6. The molecule has 1 atom stereocenters. The highest BCUT2D eigenvalue weighted by Crippen LogP contribution is 2.38. The second-order valence-corrected chi connectivity index (χ2v) is 6.57. The molecule has 140 valence electrons. The fourth-order valence-electron chi connectivity index (χ4n) is 3.29. The van der Waals surface area contributed by atoms with Crippen LogP contribution in [0.15, 0.2) is 42.5 Å². The number of aryl methyl sites for hydroxylation is 1. The molecule has 0 bridgehead atoms. The number of carbonyl (C=O) groups excluding carboxylic acids is 3. The largest absolute Gasteiger partial charge is 0.492 e. The van der Waals surface area contributed by atoms with Crippen LogP contribution in [0.1, 0.15) is 41.4 Å². The molecule has 2 amide bonds. The van der Waals surface area contributed by atoms with Gasteiger partial charge in [-0.2, -0.15) is 0 Å². The van der Waals surface area contributed by atoms with E-state index >= 15 is 0 Å². The van der Waals surface area contributed by atoms with Crippen molar-refractivity contribution in [3.63, 3.8) is 0 Å². The summed E-state index contributed by atoms with van der Waals surface area (Å²) in [6.07, 6.45) is 0. The number of fused-ring (bicyclic) bond motifs is 1. The van der Waals surface area contributed by atoms with Gasteiger partial charge in [0, 0.05) is 18.1 Å². The van der Waals surface area contributed by atoms with E-state index in [1.54, 1.807) is 29.2 Å². The maximum absolute atomic E-state index is 12.8. The SMILES string of the molecule is CC(=O)N[C@@H]1C(=O)N(CCOc2ccc(C(C)=O)cc2)c2c(C)cccc21. The Labute approximate surface area is 158 Å². The molecule has 6 nitrogen and oxygen atoms in total. The Balaban J connectivity index is 1.72. The van der Waals surface area contributed by atoms with Crippen LogP contribution in [0.3, 0.4) is 0 Å². The molecule has 2 aromatic rings. The second-order valence-electron chi connectivity index (χ2n) is 6.57. The minimum absolute atomic E-state index is 0.000286. The molecule has 0 saturated carbocycles. The lowest BCUT2D eigenvalue weighted by Gasteiger charge is -2.20. The summed E-state index contributed by atoms with van der Waals surface area (Å²) in [6, 6.07) is 11.9. The topological polar surface area (TPSA) is 75.7 Å². The van der Waals surface area contributed by atoms with Gasteiger partial charge in [0.1, 0.15) is 18.4 Å². The van der Waals surface area contributed by atoms with E-state index in [1.807, 2.05) is 25.1 Å². The molecule has 1 aliphatic heterocycles. The first-order chi connectivity index (χ1) is 12.9. The molecule has 0 unspecified atom stereocenters. The number of anilines is 1. The molecule has 27 heavy (non-hydrogen) atoms. The van der Waals surface area contributed by atoms with Crippen LogP contribution >= 0.6 is 0 Å². The lowest BCUT2D eigenvalue weighted by atomic mass is 10.1. The average molecular weight is 366 g/mol. The van der Waals surface area contributed by atoms with Crippen molar-refractivity contribution < 1.29 is 19.1 Å². The van der Waals surface area contributed by atoms with E-state index in [9.17, 15) is 14.4 Å². The summed E-state index contributed by atoms with van der Waals surface area (Å²) >= 11 is 0. The molecule has 0 aliphatic carbocycles. The minimum atomic E-state index is -0.660. The number of hydrogen-bond acceptors (Lipinski definition) is 4. The van der Waals surface area contributed by atoms with Crippen molar-refractivity contribution in [2.75, 3.05) is 18.1 Å². The summed E-state index contributed by atoms with van der Waals surface area (Å²) in [7, 11) is 0. The number of carbonyl (C=O) groups is 3. The van der Waals surface area contributed by atoms with Gasteiger partial charge >= 0.3 is 0 Å². The zero-order chi connectivity index (χ0) is 19.6. The number of para-hydroxylation sites is 1. The van der Waals surface area contributed by atoms with Gasteiger partial charge in [-0.15, -0.1) is 0 Å². The predicted octanol–water partition coefficient (Wildman–Crippen LogP) is 2.80. The van der Waals surface area contributed by atoms with Gasteiger partial charge in [0.05, 0.1) is 12.2 Å². The molecule has 1 heterocycles. The lowest BCUT2D eigenvalue weighted by Crippen LogP contribution is -2.38. The average Bonchev–Trinajstić information content (AvgIpc) is 2.88. The van der Waals surface area contributed by atoms with Crippen molar-refractivity contribution in [2.45, 2.75) is 26.8 Å². The number of ketones is 1. The van der Waals surface area contributed by atoms with Gasteiger partial charge < -0.3 is 15.0 Å². The van der Waals surface area contributed by atoms with Crippen LogP contribution in [-0.4, -0.2) is 30.7 Å². The Morgan fingerprint density at radius 1 is 1.11 bits per heavy atom. The highest BCUT2D eigenvalue weighted by Gasteiger charge is 2.38. The Bertz CT molecular complexity index is 890. The molecule has 0 fully saturated rings. The van der Waals surface area contributed by atoms with Crippen molar-refractivity contribution in [3.8, 4) is 5.75 Å². The molecule has 1 N–H and O–H groups in total. The number of amides is 2. The van der Waals surface area contributed by atoms with Gasteiger partial charge in [0.2, 0.25) is 5.91 Å². The van der Waals surface area contributed by atoms with Crippen molar-refractivity contribution in [2.24, 2.45) is 0 Å². The van der Waals surface area contributed by atoms with Crippen molar-refractivity contribution >= 4 is 23.3 Å². The summed E-state index contributed by atoms with van der Waals surface area (Å²) in [4.78, 5) is 37.3. The van der Waals surface area contributed by atoms with Gasteiger partial charge in [-0.25, -0.2) is 0 Å². The highest BCUT2D eigenvalue weighted by atomic mass is 16.5. The van der Waals surface area contributed by atoms with Crippen LogP contribution in [-0.2, 0) is 9.59 Å². The molecule has 0 spiro atoms. The van der Waals surface area contributed by atoms with Crippen LogP contribution in [0.5, 0.6) is 5.75 Å². The van der Waals surface area contributed by atoms with Crippen LogP contribution in [0.4, 0.5) is 5.69 Å². The molecule has 2 aromatic carbocycles. The predicted molar refractivity (Wildman–Crippen MR) is 102 cm³/mol. The van der Waals surface area contributed by atoms with Gasteiger partial charge in [-0.1, -0.05) is 18.2 Å². The number of benzene rings is 2. The smallest absolute Gasteiger partial charge is 0.254 e. The first-order valence-corrected chi connectivity index (χ1v) is 8.80. The summed E-state index contributed by atoms with van der Waals surface area (Å²) in [5.41, 5.74) is 3.23. The fourth-order valence-corrected chi connectivity index (χ4v) is 3.29. The normalized spacial score (nSPS) is 15.4. The standard InChI is InChI=1S/C21H22N2O4/c1-13-5-4-6-18-19(22-15(3)25)21(26)23(20(13)18)11-12-27-17-9-7-16(8-10-17)14(2)24/h4-10,19H,11-12H2,1-3H3,(H,22,25)/t19-/m0/s1. The summed E-state index contributed by atoms with van der Waals surface area (Å²) in [5.74, 6) is 0.227. The van der Waals surface area contributed by atoms with E-state index in [2.05, 4.69) is 5.32 Å². The maximum Gasteiger partial charge on any atom is 0.254 e. The fraction of sp³-hybridized carbons (Fsp3) is 0.286. The van der Waals surface area contributed by atoms with E-state index in [0.29, 0.717) is 24.5 Å². The van der Waals surface area contributed by atoms with Crippen LogP contribution in [0, 0.1) is 6.92 Å². The lowest BCUT2D eigenvalue weighted by molar-refractivity contribution is -0.126. The van der Waals surface area contributed by atoms with Gasteiger partial charge in [-0.3, -0.25) is 14.4 Å². The van der Waals surface area contributed by atoms with E-state index < -0.39 is 6.04 Å². The molecule has 6 heteroatoms. The van der Waals surface area contributed by atoms with Crippen LogP contribution in [0.2, 0.25) is 0 Å². The third-order valence-corrected chi connectivity index (χ3v) is 4.55. The summed E-state index contributed by atoms with van der Waals surface area (Å²) in [6.45, 7) is 5.52. The number of nitrogens with one attached hydrogen (secondary N) is 1. The Hall–Kier alpha value is -3.15. The number of Topliss-reactive ketones (excluding diaryl/α,β-unsaturated/α-hetero) is 1. The zero-order valence-electron chi connectivity index (χ0n) is 15.6. The molecular formula is C21H22N2O4. The van der Waals surface area contributed by atoms with Gasteiger partial charge in [0.15, 0.2) is 5.78 Å². The highest BCUT2D eigenvalue weighted by molar-refractivity contribution is 6.06. The van der Waals surface area contributed by atoms with Crippen LogP contribution < -0.4 is 15.0 Å². The van der Waals surface area contributed by atoms with E-state index in [0.717, 1.165) is 16.8 Å². The Morgan fingerprint density at radius 3 is 2.44 bits per heavy atom. The first-order valence-electron chi connectivity index (χ1n) is 8.80. The minimum Gasteiger partial charge on any atom is -0.492 e. The number of nitrogens with zero attached hydrogens (tertiary/aromatic N) is 1. The second kappa shape index (κ2) is 7.61. The molecule has 0 radical (unpaired) electrons. The third-order valence-electron chi connectivity index (χ3n) is 4.55. The van der Waals surface area contributed by atoms with E-state index in [-0.39, 0.29) is 17.6 Å². The monoisotopic (exact) mass is 366 g/mol. The van der Waals surface area contributed by atoms with E-state index in [1.165, 1.54) is 13.8 Å². The Morgan fingerprint density at radius 2 is 1.81 bits per heavy atom. The molecule has 1 aliphatic rings. The quantitative estimate of drug-likeness (QED) is 0.798. The van der Waals surface area contributed by atoms with Gasteiger partial charge in [0.25, 0.3) is 5.91 Å². The van der Waals surface area contributed by atoms with Crippen LogP contribution in [0.25, 0.3) is 0 Å². The summed E-state index contributed by atoms with van der Waals surface area (Å²) in [5, 5.41) is 2.73. The zero-order valence-corrected chi connectivity index (χ0v) is 15.6. The van der Waals surface area contributed by atoms with E-state index in [4.69, 9.17) is 4.74 Å². The Kier molecular flexibility index (Phi) is 5.26. The molecule has 3 rings (SSSR count). The van der Waals surface area contributed by atoms with Gasteiger partial charge in [-0.05, 0) is 43.7 Å². The molecular weight excluding hydrogens is 344 g/mol. The molecule has 0 aromatic heterocycles.